The van der Waals surface area contributed by atoms with Crippen LogP contribution in [0.1, 0.15) is 17.3 Å². The molecule has 1 heterocycles. The van der Waals surface area contributed by atoms with E-state index in [9.17, 15) is 4.79 Å². The molecule has 0 bridgehead atoms. The Hall–Kier alpha value is -1.26. The van der Waals surface area contributed by atoms with Crippen molar-refractivity contribution in [2.45, 2.75) is 13.0 Å². The Kier molecular flexibility index (Phi) is 3.54. The fraction of sp³-hybridized carbons (Fsp3) is 0.417. The van der Waals surface area contributed by atoms with Gasteiger partial charge in [-0.3, -0.25) is 0 Å². The van der Waals surface area contributed by atoms with Crippen molar-refractivity contribution in [3.63, 3.8) is 0 Å². The maximum Gasteiger partial charge on any atom is 0.337 e. The summed E-state index contributed by atoms with van der Waals surface area (Å²) in [4.78, 5) is 13.2. The van der Waals surface area contributed by atoms with Crippen molar-refractivity contribution in [1.82, 2.24) is 0 Å². The van der Waals surface area contributed by atoms with E-state index in [0.717, 1.165) is 0 Å². The molecule has 2 rings (SSSR count). The van der Waals surface area contributed by atoms with E-state index in [1.54, 1.807) is 18.2 Å². The van der Waals surface area contributed by atoms with Gasteiger partial charge in [0.2, 0.25) is 0 Å². The molecule has 0 radical (unpaired) electrons. The van der Waals surface area contributed by atoms with Crippen LogP contribution in [0.25, 0.3) is 0 Å². The molecule has 1 aromatic carbocycles. The molecule has 0 saturated carbocycles. The van der Waals surface area contributed by atoms with Gasteiger partial charge in [0, 0.05) is 18.1 Å². The van der Waals surface area contributed by atoms with Crippen LogP contribution in [0.3, 0.4) is 0 Å². The fourth-order valence-electron chi connectivity index (χ4n) is 1.98. The quantitative estimate of drug-likeness (QED) is 0.881. The Balaban J connectivity index is 2.35. The Labute approximate surface area is 105 Å². The predicted molar refractivity (Wildman–Crippen MR) is 66.0 cm³/mol. The van der Waals surface area contributed by atoms with Crippen LogP contribution in [0.2, 0.25) is 5.02 Å². The van der Waals surface area contributed by atoms with E-state index in [-0.39, 0.29) is 11.7 Å². The highest BCUT2D eigenvalue weighted by Crippen LogP contribution is 2.26. The van der Waals surface area contributed by atoms with Crippen LogP contribution in [0.5, 0.6) is 0 Å². The summed E-state index contributed by atoms with van der Waals surface area (Å²) < 4.78 is 5.44. The summed E-state index contributed by atoms with van der Waals surface area (Å²) in [5, 5.41) is 9.70. The number of ether oxygens (including phenoxy) is 1. The van der Waals surface area contributed by atoms with Crippen molar-refractivity contribution in [3.8, 4) is 0 Å². The normalized spacial score (nSPS) is 20.4. The third kappa shape index (κ3) is 2.70. The van der Waals surface area contributed by atoms with Gasteiger partial charge in [0.15, 0.2) is 0 Å². The minimum Gasteiger partial charge on any atom is -0.478 e. The van der Waals surface area contributed by atoms with E-state index < -0.39 is 5.97 Å². The Bertz CT molecular complexity index is 436. The second-order valence-electron chi connectivity index (χ2n) is 4.09. The summed E-state index contributed by atoms with van der Waals surface area (Å²) in [5.41, 5.74) is 0.948. The van der Waals surface area contributed by atoms with E-state index in [0.29, 0.717) is 30.4 Å². The van der Waals surface area contributed by atoms with Crippen LogP contribution in [0, 0.1) is 0 Å². The lowest BCUT2D eigenvalue weighted by Crippen LogP contribution is -2.41. The van der Waals surface area contributed by atoms with E-state index in [4.69, 9.17) is 21.4 Å². The SMILES string of the molecule is CC1CN(c2cc(Cl)ccc2C(=O)O)CCO1. The van der Waals surface area contributed by atoms with Crippen LogP contribution in [-0.2, 0) is 4.74 Å². The summed E-state index contributed by atoms with van der Waals surface area (Å²) in [6.45, 7) is 3.94. The first-order valence-electron chi connectivity index (χ1n) is 5.47. The van der Waals surface area contributed by atoms with Gasteiger partial charge in [0.05, 0.1) is 24.0 Å². The molecule has 17 heavy (non-hydrogen) atoms. The number of halogens is 1. The van der Waals surface area contributed by atoms with Crippen molar-refractivity contribution in [2.75, 3.05) is 24.6 Å². The highest BCUT2D eigenvalue weighted by Gasteiger charge is 2.21. The van der Waals surface area contributed by atoms with Gasteiger partial charge >= 0.3 is 5.97 Å². The number of carboxylic acid groups (broad SMARTS) is 1. The highest BCUT2D eigenvalue weighted by atomic mass is 35.5. The maximum absolute atomic E-state index is 11.2. The van der Waals surface area contributed by atoms with E-state index in [1.807, 2.05) is 11.8 Å². The molecule has 4 nitrogen and oxygen atoms in total. The second-order valence-corrected chi connectivity index (χ2v) is 4.53. The van der Waals surface area contributed by atoms with Gasteiger partial charge in [-0.2, -0.15) is 0 Å². The molecule has 0 aromatic heterocycles. The fourth-order valence-corrected chi connectivity index (χ4v) is 2.15. The number of nitrogens with zero attached hydrogens (tertiary/aromatic N) is 1. The first-order valence-corrected chi connectivity index (χ1v) is 5.85. The van der Waals surface area contributed by atoms with Crippen molar-refractivity contribution < 1.29 is 14.6 Å². The molecule has 1 aromatic rings. The molecule has 1 N–H and O–H groups in total. The molecule has 1 unspecified atom stereocenters. The second kappa shape index (κ2) is 4.94. The lowest BCUT2D eigenvalue weighted by Gasteiger charge is -2.33. The molecule has 0 spiro atoms. The number of aromatic carboxylic acids is 1. The molecule has 1 aliphatic heterocycles. The van der Waals surface area contributed by atoms with Gasteiger partial charge in [0.1, 0.15) is 0 Å². The smallest absolute Gasteiger partial charge is 0.337 e. The summed E-state index contributed by atoms with van der Waals surface area (Å²) in [6.07, 6.45) is 0.101. The van der Waals surface area contributed by atoms with E-state index >= 15 is 0 Å². The lowest BCUT2D eigenvalue weighted by molar-refractivity contribution is 0.0528. The zero-order chi connectivity index (χ0) is 12.4. The van der Waals surface area contributed by atoms with Crippen LogP contribution in [0.4, 0.5) is 5.69 Å². The van der Waals surface area contributed by atoms with Crippen molar-refractivity contribution in [1.29, 1.82) is 0 Å². The monoisotopic (exact) mass is 255 g/mol. The first-order chi connectivity index (χ1) is 8.08. The molecule has 92 valence electrons. The van der Waals surface area contributed by atoms with Gasteiger partial charge < -0.3 is 14.7 Å². The summed E-state index contributed by atoms with van der Waals surface area (Å²) in [7, 11) is 0. The van der Waals surface area contributed by atoms with Gasteiger partial charge in [-0.25, -0.2) is 4.79 Å². The largest absolute Gasteiger partial charge is 0.478 e. The van der Waals surface area contributed by atoms with Crippen LogP contribution < -0.4 is 4.90 Å². The molecular weight excluding hydrogens is 242 g/mol. The maximum atomic E-state index is 11.2. The third-order valence-corrected chi connectivity index (χ3v) is 3.01. The number of hydrogen-bond acceptors (Lipinski definition) is 3. The minimum absolute atomic E-state index is 0.101. The average molecular weight is 256 g/mol. The molecule has 1 fully saturated rings. The molecule has 1 aliphatic rings. The molecule has 5 heteroatoms. The highest BCUT2D eigenvalue weighted by molar-refractivity contribution is 6.31. The number of hydrogen-bond donors (Lipinski definition) is 1. The Morgan fingerprint density at radius 1 is 1.59 bits per heavy atom. The third-order valence-electron chi connectivity index (χ3n) is 2.77. The average Bonchev–Trinajstić information content (AvgIpc) is 2.28. The Morgan fingerprint density at radius 3 is 3.00 bits per heavy atom. The van der Waals surface area contributed by atoms with Gasteiger partial charge in [0.25, 0.3) is 0 Å². The topological polar surface area (TPSA) is 49.8 Å². The molecule has 0 aliphatic carbocycles. The zero-order valence-electron chi connectivity index (χ0n) is 9.52. The van der Waals surface area contributed by atoms with Crippen molar-refractivity contribution >= 4 is 23.3 Å². The lowest BCUT2D eigenvalue weighted by atomic mass is 10.1. The molecular formula is C12H14ClNO3. The Morgan fingerprint density at radius 2 is 2.35 bits per heavy atom. The van der Waals surface area contributed by atoms with Gasteiger partial charge in [-0.1, -0.05) is 11.6 Å². The number of carbonyl (C=O) groups is 1. The first kappa shape index (κ1) is 12.2. The van der Waals surface area contributed by atoms with Crippen LogP contribution >= 0.6 is 11.6 Å². The van der Waals surface area contributed by atoms with Gasteiger partial charge in [-0.05, 0) is 25.1 Å². The predicted octanol–water partition coefficient (Wildman–Crippen LogP) is 2.26. The van der Waals surface area contributed by atoms with E-state index in [1.165, 1.54) is 0 Å². The van der Waals surface area contributed by atoms with Crippen LogP contribution in [-0.4, -0.2) is 36.9 Å². The number of carboxylic acids is 1. The standard InChI is InChI=1S/C12H14ClNO3/c1-8-7-14(4-5-17-8)11-6-9(13)2-3-10(11)12(15)16/h2-3,6,8H,4-5,7H2,1H3,(H,15,16). The molecule has 0 amide bonds. The van der Waals surface area contributed by atoms with Crippen molar-refractivity contribution in [2.24, 2.45) is 0 Å². The van der Waals surface area contributed by atoms with E-state index in [2.05, 4.69) is 0 Å². The number of benzene rings is 1. The number of morpholine rings is 1. The summed E-state index contributed by atoms with van der Waals surface area (Å²) >= 11 is 5.93. The van der Waals surface area contributed by atoms with Crippen LogP contribution in [0.15, 0.2) is 18.2 Å². The minimum atomic E-state index is -0.934. The summed E-state index contributed by atoms with van der Waals surface area (Å²) in [6, 6.07) is 4.83. The number of anilines is 1. The molecule has 1 saturated heterocycles. The van der Waals surface area contributed by atoms with Crippen molar-refractivity contribution in [3.05, 3.63) is 28.8 Å². The molecule has 1 atom stereocenters. The zero-order valence-corrected chi connectivity index (χ0v) is 10.3. The summed E-state index contributed by atoms with van der Waals surface area (Å²) in [5.74, 6) is -0.934. The number of rotatable bonds is 2. The van der Waals surface area contributed by atoms with Gasteiger partial charge in [-0.15, -0.1) is 0 Å².